The van der Waals surface area contributed by atoms with Gasteiger partial charge in [0.2, 0.25) is 0 Å². The van der Waals surface area contributed by atoms with Crippen LogP contribution in [0, 0.1) is 35.0 Å². The van der Waals surface area contributed by atoms with Gasteiger partial charge in [0, 0.05) is 11.4 Å². The van der Waals surface area contributed by atoms with E-state index < -0.39 is 0 Å². The lowest BCUT2D eigenvalue weighted by Gasteiger charge is -2.14. The Labute approximate surface area is 123 Å². The first-order valence-corrected chi connectivity index (χ1v) is 7.79. The van der Waals surface area contributed by atoms with Crippen molar-refractivity contribution in [3.05, 3.63) is 30.0 Å². The predicted octanol–water partition coefficient (Wildman–Crippen LogP) is 2.96. The van der Waals surface area contributed by atoms with Gasteiger partial charge in [-0.15, -0.1) is 10.2 Å². The molecule has 2 bridgehead atoms. The topological polar surface area (TPSA) is 61.6 Å². The van der Waals surface area contributed by atoms with Gasteiger partial charge in [-0.2, -0.15) is 5.26 Å². The van der Waals surface area contributed by atoms with Crippen molar-refractivity contribution in [2.45, 2.75) is 25.3 Å². The number of nitrogens with one attached hydrogen (secondary N) is 1. The van der Waals surface area contributed by atoms with E-state index in [0.717, 1.165) is 40.3 Å². The predicted molar refractivity (Wildman–Crippen MR) is 79.5 cm³/mol. The standard InChI is InChI=1S/C17H16N4/c18-8-13-16(11-3-1-2-4-12(11)20-21-13)19-17-14-9-5-6-10(7-9)15(14)17/h1-4,9-10,14-15,17H,5-7H2,(H,19,20). The summed E-state index contributed by atoms with van der Waals surface area (Å²) in [4.78, 5) is 0. The molecule has 3 fully saturated rings. The van der Waals surface area contributed by atoms with Gasteiger partial charge in [0.05, 0.1) is 11.2 Å². The Morgan fingerprint density at radius 1 is 1.10 bits per heavy atom. The zero-order valence-electron chi connectivity index (χ0n) is 11.7. The first-order valence-electron chi connectivity index (χ1n) is 7.79. The van der Waals surface area contributed by atoms with Gasteiger partial charge in [0.15, 0.2) is 5.69 Å². The molecule has 0 radical (unpaired) electrons. The van der Waals surface area contributed by atoms with E-state index in [1.165, 1.54) is 19.3 Å². The molecule has 3 aliphatic rings. The Hall–Kier alpha value is -2.15. The van der Waals surface area contributed by atoms with E-state index in [1.54, 1.807) is 0 Å². The number of hydrogen-bond donors (Lipinski definition) is 1. The summed E-state index contributed by atoms with van der Waals surface area (Å²) < 4.78 is 0. The minimum atomic E-state index is 0.422. The van der Waals surface area contributed by atoms with Crippen LogP contribution in [-0.4, -0.2) is 16.2 Å². The molecule has 4 unspecified atom stereocenters. The quantitative estimate of drug-likeness (QED) is 0.916. The third-order valence-corrected chi connectivity index (χ3v) is 5.82. The third kappa shape index (κ3) is 1.49. The number of anilines is 1. The van der Waals surface area contributed by atoms with E-state index in [4.69, 9.17) is 0 Å². The second-order valence-electron chi connectivity index (χ2n) is 6.71. The van der Waals surface area contributed by atoms with Crippen LogP contribution in [0.5, 0.6) is 0 Å². The molecule has 21 heavy (non-hydrogen) atoms. The molecule has 4 heteroatoms. The zero-order valence-corrected chi connectivity index (χ0v) is 11.7. The number of benzene rings is 1. The Morgan fingerprint density at radius 2 is 1.86 bits per heavy atom. The van der Waals surface area contributed by atoms with Crippen molar-refractivity contribution in [2.75, 3.05) is 5.32 Å². The zero-order chi connectivity index (χ0) is 14.0. The maximum absolute atomic E-state index is 9.34. The van der Waals surface area contributed by atoms with E-state index in [-0.39, 0.29) is 0 Å². The van der Waals surface area contributed by atoms with Crippen molar-refractivity contribution in [1.29, 1.82) is 5.26 Å². The van der Waals surface area contributed by atoms with E-state index in [9.17, 15) is 5.26 Å². The minimum Gasteiger partial charge on any atom is -0.379 e. The van der Waals surface area contributed by atoms with Crippen LogP contribution in [0.1, 0.15) is 25.0 Å². The van der Waals surface area contributed by atoms with Gasteiger partial charge in [-0.1, -0.05) is 18.2 Å². The lowest BCUT2D eigenvalue weighted by atomic mass is 10.0. The van der Waals surface area contributed by atoms with Crippen molar-refractivity contribution in [3.63, 3.8) is 0 Å². The fourth-order valence-electron chi connectivity index (χ4n) is 4.96. The van der Waals surface area contributed by atoms with Crippen LogP contribution in [0.25, 0.3) is 10.9 Å². The largest absolute Gasteiger partial charge is 0.379 e. The molecule has 4 atom stereocenters. The van der Waals surface area contributed by atoms with Gasteiger partial charge in [0.25, 0.3) is 0 Å². The molecule has 3 saturated carbocycles. The van der Waals surface area contributed by atoms with Gasteiger partial charge >= 0.3 is 0 Å². The Kier molecular flexibility index (Phi) is 2.16. The van der Waals surface area contributed by atoms with Crippen molar-refractivity contribution in [2.24, 2.45) is 23.7 Å². The van der Waals surface area contributed by atoms with Gasteiger partial charge in [-0.25, -0.2) is 0 Å². The van der Waals surface area contributed by atoms with Crippen molar-refractivity contribution in [1.82, 2.24) is 10.2 Å². The first kappa shape index (κ1) is 11.5. The first-order chi connectivity index (χ1) is 10.4. The molecule has 0 amide bonds. The summed E-state index contributed by atoms with van der Waals surface area (Å²) in [5.41, 5.74) is 2.17. The Bertz CT molecular complexity index is 762. The van der Waals surface area contributed by atoms with E-state index in [2.05, 4.69) is 21.6 Å². The second-order valence-corrected chi connectivity index (χ2v) is 6.71. The molecule has 1 aromatic heterocycles. The van der Waals surface area contributed by atoms with Crippen LogP contribution in [0.4, 0.5) is 5.69 Å². The minimum absolute atomic E-state index is 0.422. The molecule has 4 nitrogen and oxygen atoms in total. The SMILES string of the molecule is N#Cc1nnc2ccccc2c1NC1C2C3CCC(C3)C12. The lowest BCUT2D eigenvalue weighted by molar-refractivity contribution is 0.456. The summed E-state index contributed by atoms with van der Waals surface area (Å²) in [5, 5.41) is 22.2. The molecular weight excluding hydrogens is 260 g/mol. The maximum atomic E-state index is 9.34. The average molecular weight is 276 g/mol. The van der Waals surface area contributed by atoms with Gasteiger partial charge < -0.3 is 5.32 Å². The molecule has 104 valence electrons. The van der Waals surface area contributed by atoms with Gasteiger partial charge in [0.1, 0.15) is 6.07 Å². The lowest BCUT2D eigenvalue weighted by Crippen LogP contribution is -2.14. The second kappa shape index (κ2) is 3.94. The van der Waals surface area contributed by atoms with Crippen LogP contribution < -0.4 is 5.32 Å². The van der Waals surface area contributed by atoms with Crippen LogP contribution in [0.2, 0.25) is 0 Å². The van der Waals surface area contributed by atoms with Crippen LogP contribution in [-0.2, 0) is 0 Å². The van der Waals surface area contributed by atoms with E-state index in [0.29, 0.717) is 11.7 Å². The third-order valence-electron chi connectivity index (χ3n) is 5.82. The summed E-state index contributed by atoms with van der Waals surface area (Å²) in [7, 11) is 0. The monoisotopic (exact) mass is 276 g/mol. The van der Waals surface area contributed by atoms with E-state index in [1.807, 2.05) is 24.3 Å². The summed E-state index contributed by atoms with van der Waals surface area (Å²) in [6.45, 7) is 0. The number of aromatic nitrogens is 2. The summed E-state index contributed by atoms with van der Waals surface area (Å²) in [6, 6.07) is 10.7. The highest BCUT2D eigenvalue weighted by Crippen LogP contribution is 2.66. The molecule has 1 heterocycles. The smallest absolute Gasteiger partial charge is 0.186 e. The summed E-state index contributed by atoms with van der Waals surface area (Å²) in [5.74, 6) is 3.51. The Balaban J connectivity index is 1.55. The highest BCUT2D eigenvalue weighted by molar-refractivity contribution is 5.93. The summed E-state index contributed by atoms with van der Waals surface area (Å²) in [6.07, 6.45) is 4.25. The molecule has 0 saturated heterocycles. The highest BCUT2D eigenvalue weighted by Gasteiger charge is 2.65. The molecule has 1 aromatic carbocycles. The molecule has 0 aliphatic heterocycles. The number of fused-ring (bicyclic) bond motifs is 6. The fraction of sp³-hybridized carbons (Fsp3) is 0.471. The van der Waals surface area contributed by atoms with Crippen molar-refractivity contribution >= 4 is 16.6 Å². The Morgan fingerprint density at radius 3 is 2.62 bits per heavy atom. The fourth-order valence-corrected chi connectivity index (χ4v) is 4.96. The maximum Gasteiger partial charge on any atom is 0.186 e. The number of rotatable bonds is 2. The van der Waals surface area contributed by atoms with Crippen LogP contribution in [0.3, 0.4) is 0 Å². The molecule has 0 spiro atoms. The van der Waals surface area contributed by atoms with Crippen LogP contribution in [0.15, 0.2) is 24.3 Å². The van der Waals surface area contributed by atoms with Crippen molar-refractivity contribution < 1.29 is 0 Å². The molecule has 2 aromatic rings. The van der Waals surface area contributed by atoms with Crippen LogP contribution >= 0.6 is 0 Å². The van der Waals surface area contributed by atoms with E-state index >= 15 is 0 Å². The number of nitrogens with zero attached hydrogens (tertiary/aromatic N) is 3. The molecular formula is C17H16N4. The number of hydrogen-bond acceptors (Lipinski definition) is 4. The highest BCUT2D eigenvalue weighted by atomic mass is 15.1. The average Bonchev–Trinajstić information content (AvgIpc) is 2.92. The van der Waals surface area contributed by atoms with Crippen molar-refractivity contribution in [3.8, 4) is 6.07 Å². The molecule has 1 N–H and O–H groups in total. The van der Waals surface area contributed by atoms with Gasteiger partial charge in [-0.3, -0.25) is 0 Å². The normalized spacial score (nSPS) is 35.5. The molecule has 5 rings (SSSR count). The summed E-state index contributed by atoms with van der Waals surface area (Å²) >= 11 is 0. The molecule has 3 aliphatic carbocycles. The number of nitriles is 1. The van der Waals surface area contributed by atoms with Gasteiger partial charge in [-0.05, 0) is 49.0 Å².